The second kappa shape index (κ2) is 9.20. The van der Waals surface area contributed by atoms with E-state index >= 15 is 0 Å². The number of ether oxygens (including phenoxy) is 1. The lowest BCUT2D eigenvalue weighted by molar-refractivity contribution is -0.935. The summed E-state index contributed by atoms with van der Waals surface area (Å²) in [6, 6.07) is 6.42. The van der Waals surface area contributed by atoms with E-state index in [1.165, 1.54) is 11.4 Å². The summed E-state index contributed by atoms with van der Waals surface area (Å²) in [6.07, 6.45) is 0.280. The Morgan fingerprint density at radius 2 is 1.81 bits per heavy atom. The molecule has 0 radical (unpaired) electrons. The maximum Gasteiger partial charge on any atom is 0.243 e. The lowest BCUT2D eigenvalue weighted by Gasteiger charge is -2.35. The van der Waals surface area contributed by atoms with Crippen molar-refractivity contribution < 1.29 is 23.0 Å². The molecule has 0 bridgehead atoms. The summed E-state index contributed by atoms with van der Waals surface area (Å²) in [5.41, 5.74) is 0. The molecule has 0 saturated carbocycles. The number of rotatable bonds is 6. The van der Waals surface area contributed by atoms with Crippen LogP contribution < -0.4 is 9.80 Å². The van der Waals surface area contributed by atoms with E-state index in [0.717, 1.165) is 39.3 Å². The van der Waals surface area contributed by atoms with Crippen LogP contribution in [0.15, 0.2) is 29.2 Å². The molecular formula is C19H32ClN3O3S+2. The van der Waals surface area contributed by atoms with Gasteiger partial charge in [-0.15, -0.1) is 0 Å². The Bertz CT molecular complexity index is 703. The monoisotopic (exact) mass is 417 g/mol. The van der Waals surface area contributed by atoms with Gasteiger partial charge in [0.15, 0.2) is 6.10 Å². The highest BCUT2D eigenvalue weighted by Crippen LogP contribution is 2.18. The number of quaternary nitrogens is 2. The summed E-state index contributed by atoms with van der Waals surface area (Å²) in [5, 5.41) is 0.546. The van der Waals surface area contributed by atoms with Gasteiger partial charge in [-0.1, -0.05) is 25.4 Å². The highest BCUT2D eigenvalue weighted by Gasteiger charge is 2.33. The fourth-order valence-electron chi connectivity index (χ4n) is 4.07. The van der Waals surface area contributed by atoms with Crippen molar-refractivity contribution in [1.82, 2.24) is 4.31 Å². The zero-order chi connectivity index (χ0) is 19.4. The Labute approximate surface area is 168 Å². The number of morpholine rings is 1. The maximum absolute atomic E-state index is 12.8. The molecule has 0 aliphatic carbocycles. The fraction of sp³-hybridized carbons (Fsp3) is 0.684. The van der Waals surface area contributed by atoms with Crippen molar-refractivity contribution >= 4 is 21.6 Å². The Morgan fingerprint density at radius 3 is 2.44 bits per heavy atom. The molecule has 2 fully saturated rings. The van der Waals surface area contributed by atoms with E-state index in [4.69, 9.17) is 16.3 Å². The molecule has 1 unspecified atom stereocenters. The number of benzene rings is 1. The molecule has 2 N–H and O–H groups in total. The second-order valence-corrected chi connectivity index (χ2v) is 10.5. The first-order valence-electron chi connectivity index (χ1n) is 9.89. The topological polar surface area (TPSA) is 55.5 Å². The van der Waals surface area contributed by atoms with Crippen molar-refractivity contribution in [1.29, 1.82) is 0 Å². The minimum atomic E-state index is -3.43. The summed E-state index contributed by atoms with van der Waals surface area (Å²) in [5.74, 6) is 0.702. The van der Waals surface area contributed by atoms with Gasteiger partial charge in [0, 0.05) is 10.9 Å². The van der Waals surface area contributed by atoms with Crippen molar-refractivity contribution in [3.8, 4) is 0 Å². The Hall–Kier alpha value is -0.700. The summed E-state index contributed by atoms with van der Waals surface area (Å²) >= 11 is 5.87. The van der Waals surface area contributed by atoms with Gasteiger partial charge in [-0.2, -0.15) is 4.31 Å². The van der Waals surface area contributed by atoms with E-state index in [1.54, 1.807) is 33.5 Å². The van der Waals surface area contributed by atoms with E-state index in [2.05, 4.69) is 13.8 Å². The predicted molar refractivity (Wildman–Crippen MR) is 106 cm³/mol. The van der Waals surface area contributed by atoms with E-state index in [1.807, 2.05) is 0 Å². The number of piperazine rings is 1. The SMILES string of the molecule is CC(C)C[NH+]1CCO[C@@H](C[NH+]2CCN(S(=O)(=O)c3ccc(Cl)cc3)CC2)C1. The first-order chi connectivity index (χ1) is 12.8. The number of sulfonamides is 1. The summed E-state index contributed by atoms with van der Waals surface area (Å²) < 4.78 is 33.1. The van der Waals surface area contributed by atoms with Gasteiger partial charge in [-0.25, -0.2) is 8.42 Å². The van der Waals surface area contributed by atoms with Crippen LogP contribution >= 0.6 is 11.6 Å². The van der Waals surface area contributed by atoms with E-state index in [-0.39, 0.29) is 6.10 Å². The fourth-order valence-corrected chi connectivity index (χ4v) is 5.64. The molecule has 2 aliphatic heterocycles. The van der Waals surface area contributed by atoms with Gasteiger partial charge in [-0.3, -0.25) is 0 Å². The van der Waals surface area contributed by atoms with Gasteiger partial charge < -0.3 is 14.5 Å². The Morgan fingerprint density at radius 1 is 1.15 bits per heavy atom. The zero-order valence-electron chi connectivity index (χ0n) is 16.3. The normalized spacial score (nSPS) is 25.8. The van der Waals surface area contributed by atoms with Crippen molar-refractivity contribution in [2.75, 3.05) is 59.0 Å². The quantitative estimate of drug-likeness (QED) is 0.635. The molecule has 27 heavy (non-hydrogen) atoms. The second-order valence-electron chi connectivity index (χ2n) is 8.11. The smallest absolute Gasteiger partial charge is 0.243 e. The van der Waals surface area contributed by atoms with Crippen LogP contribution in [0.3, 0.4) is 0 Å². The van der Waals surface area contributed by atoms with E-state index in [9.17, 15) is 8.42 Å². The van der Waals surface area contributed by atoms with Gasteiger partial charge >= 0.3 is 0 Å². The number of hydrogen-bond acceptors (Lipinski definition) is 3. The number of nitrogens with one attached hydrogen (secondary N) is 2. The summed E-state index contributed by atoms with van der Waals surface area (Å²) in [6.45, 7) is 12.4. The minimum Gasteiger partial charge on any atom is -0.361 e. The van der Waals surface area contributed by atoms with E-state index in [0.29, 0.717) is 28.9 Å². The van der Waals surface area contributed by atoms with Crippen LogP contribution in [0.4, 0.5) is 0 Å². The van der Waals surface area contributed by atoms with Crippen LogP contribution in [-0.4, -0.2) is 77.8 Å². The van der Waals surface area contributed by atoms with Gasteiger partial charge in [-0.05, 0) is 24.3 Å². The van der Waals surface area contributed by atoms with Crippen molar-refractivity contribution in [3.05, 3.63) is 29.3 Å². The molecule has 2 atom stereocenters. The molecule has 2 saturated heterocycles. The molecule has 6 nitrogen and oxygen atoms in total. The molecular weight excluding hydrogens is 386 g/mol. The zero-order valence-corrected chi connectivity index (χ0v) is 17.9. The third-order valence-corrected chi connectivity index (χ3v) is 7.58. The standard InChI is InChI=1S/C19H30ClN3O3S/c1-16(2)13-22-11-12-26-18(15-22)14-21-7-9-23(10-8-21)27(24,25)19-5-3-17(20)4-6-19/h3-6,16,18H,7-15H2,1-2H3/p+2/t18-/m0/s1. The number of halogens is 1. The molecule has 2 heterocycles. The molecule has 152 valence electrons. The Kier molecular flexibility index (Phi) is 7.16. The average Bonchev–Trinajstić information content (AvgIpc) is 2.62. The largest absolute Gasteiger partial charge is 0.361 e. The highest BCUT2D eigenvalue weighted by molar-refractivity contribution is 7.89. The van der Waals surface area contributed by atoms with E-state index < -0.39 is 10.0 Å². The molecule has 8 heteroatoms. The molecule has 1 aromatic carbocycles. The molecule has 2 aliphatic rings. The van der Waals surface area contributed by atoms with Gasteiger partial charge in [0.25, 0.3) is 0 Å². The maximum atomic E-state index is 12.8. The van der Waals surface area contributed by atoms with Crippen molar-refractivity contribution in [3.63, 3.8) is 0 Å². The summed E-state index contributed by atoms with van der Waals surface area (Å²) in [4.78, 5) is 3.39. The lowest BCUT2D eigenvalue weighted by atomic mass is 10.1. The molecule has 0 aromatic heterocycles. The third kappa shape index (κ3) is 5.65. The minimum absolute atomic E-state index is 0.280. The van der Waals surface area contributed by atoms with Crippen LogP contribution in [0.25, 0.3) is 0 Å². The van der Waals surface area contributed by atoms with Crippen LogP contribution in [0.2, 0.25) is 5.02 Å². The highest BCUT2D eigenvalue weighted by atomic mass is 35.5. The van der Waals surface area contributed by atoms with Gasteiger partial charge in [0.05, 0.1) is 44.2 Å². The van der Waals surface area contributed by atoms with Crippen molar-refractivity contribution in [2.45, 2.75) is 24.8 Å². The van der Waals surface area contributed by atoms with Crippen LogP contribution in [0, 0.1) is 5.92 Å². The molecule has 1 aromatic rings. The molecule has 0 amide bonds. The Balaban J connectivity index is 1.50. The summed E-state index contributed by atoms with van der Waals surface area (Å²) in [7, 11) is -3.43. The van der Waals surface area contributed by atoms with Crippen molar-refractivity contribution in [2.24, 2.45) is 5.92 Å². The number of hydrogen-bond donors (Lipinski definition) is 2. The average molecular weight is 418 g/mol. The molecule has 0 spiro atoms. The van der Waals surface area contributed by atoms with Crippen LogP contribution in [-0.2, 0) is 14.8 Å². The third-order valence-electron chi connectivity index (χ3n) is 5.42. The van der Waals surface area contributed by atoms with Crippen LogP contribution in [0.5, 0.6) is 0 Å². The lowest BCUT2D eigenvalue weighted by Crippen LogP contribution is -3.19. The van der Waals surface area contributed by atoms with Crippen LogP contribution in [0.1, 0.15) is 13.8 Å². The molecule has 3 rings (SSSR count). The number of nitrogens with zero attached hydrogens (tertiary/aromatic N) is 1. The van der Waals surface area contributed by atoms with Gasteiger partial charge in [0.2, 0.25) is 10.0 Å². The van der Waals surface area contributed by atoms with Gasteiger partial charge in [0.1, 0.15) is 19.6 Å². The predicted octanol–water partition coefficient (Wildman–Crippen LogP) is -0.831. The first kappa shape index (κ1) is 21.0. The first-order valence-corrected chi connectivity index (χ1v) is 11.7.